The van der Waals surface area contributed by atoms with Crippen molar-refractivity contribution in [1.82, 2.24) is 4.90 Å². The summed E-state index contributed by atoms with van der Waals surface area (Å²) in [5, 5.41) is 8.71. The molecule has 2 atom stereocenters. The van der Waals surface area contributed by atoms with Gasteiger partial charge in [-0.15, -0.1) is 0 Å². The molecule has 1 aliphatic carbocycles. The van der Waals surface area contributed by atoms with Gasteiger partial charge in [0, 0.05) is 18.4 Å². The van der Waals surface area contributed by atoms with Crippen LogP contribution in [0.15, 0.2) is 60.2 Å². The third-order valence-corrected chi connectivity index (χ3v) is 7.06. The molecule has 4 nitrogen and oxygen atoms in total. The van der Waals surface area contributed by atoms with Crippen LogP contribution in [-0.4, -0.2) is 29.7 Å². The Morgan fingerprint density at radius 1 is 1.03 bits per heavy atom. The van der Waals surface area contributed by atoms with Gasteiger partial charge in [-0.2, -0.15) is 5.26 Å². The zero-order valence-corrected chi connectivity index (χ0v) is 17.8. The lowest BCUT2D eigenvalue weighted by atomic mass is 9.96. The van der Waals surface area contributed by atoms with Gasteiger partial charge in [-0.05, 0) is 60.8 Å². The Morgan fingerprint density at radius 2 is 1.74 bits per heavy atom. The lowest BCUT2D eigenvalue weighted by Crippen LogP contribution is -2.43. The minimum absolute atomic E-state index is 0.102. The van der Waals surface area contributed by atoms with E-state index in [2.05, 4.69) is 60.7 Å². The van der Waals surface area contributed by atoms with Gasteiger partial charge < -0.3 is 4.74 Å². The summed E-state index contributed by atoms with van der Waals surface area (Å²) in [5.41, 5.74) is 6.45. The Kier molecular flexibility index (Phi) is 5.51. The van der Waals surface area contributed by atoms with E-state index in [1.54, 1.807) is 0 Å². The number of carbonyl (C=O) groups is 1. The van der Waals surface area contributed by atoms with Crippen molar-refractivity contribution in [3.63, 3.8) is 0 Å². The Morgan fingerprint density at radius 3 is 2.42 bits per heavy atom. The maximum atomic E-state index is 13.1. The lowest BCUT2D eigenvalue weighted by molar-refractivity contribution is 0.0848. The Hall–Kier alpha value is -3.06. The first kappa shape index (κ1) is 19.9. The van der Waals surface area contributed by atoms with E-state index in [-0.39, 0.29) is 24.1 Å². The summed E-state index contributed by atoms with van der Waals surface area (Å²) in [7, 11) is 0. The zero-order chi connectivity index (χ0) is 21.2. The fourth-order valence-electron chi connectivity index (χ4n) is 5.61. The van der Waals surface area contributed by atoms with Crippen LogP contribution in [0, 0.1) is 11.3 Å². The summed E-state index contributed by atoms with van der Waals surface area (Å²) in [4.78, 5) is 15.1. The van der Waals surface area contributed by atoms with E-state index in [9.17, 15) is 4.79 Å². The molecule has 0 spiro atoms. The summed E-state index contributed by atoms with van der Waals surface area (Å²) < 4.78 is 5.93. The van der Waals surface area contributed by atoms with Crippen molar-refractivity contribution in [3.05, 3.63) is 71.3 Å². The maximum Gasteiger partial charge on any atom is 0.410 e. The highest BCUT2D eigenvalue weighted by Gasteiger charge is 2.40. The predicted octanol–water partition coefficient (Wildman–Crippen LogP) is 6.18. The van der Waals surface area contributed by atoms with E-state index in [0.29, 0.717) is 13.0 Å². The number of hydrogen-bond donors (Lipinski definition) is 0. The molecule has 5 rings (SSSR count). The second kappa shape index (κ2) is 8.59. The van der Waals surface area contributed by atoms with E-state index in [1.165, 1.54) is 27.8 Å². The molecule has 0 saturated carbocycles. The molecule has 158 valence electrons. The molecule has 0 aromatic heterocycles. The molecule has 2 aromatic carbocycles. The fraction of sp³-hybridized carbons (Fsp3) is 0.407. The third kappa shape index (κ3) is 3.74. The van der Waals surface area contributed by atoms with E-state index >= 15 is 0 Å². The van der Waals surface area contributed by atoms with E-state index < -0.39 is 0 Å². The number of benzene rings is 2. The summed E-state index contributed by atoms with van der Waals surface area (Å²) in [5.74, 6) is 0.102. The smallest absolute Gasteiger partial charge is 0.410 e. The van der Waals surface area contributed by atoms with Crippen molar-refractivity contribution < 1.29 is 9.53 Å². The van der Waals surface area contributed by atoms with Gasteiger partial charge >= 0.3 is 6.09 Å². The van der Waals surface area contributed by atoms with E-state index in [0.717, 1.165) is 38.5 Å². The Labute approximate surface area is 184 Å². The molecule has 0 radical (unpaired) electrons. The number of amides is 1. The van der Waals surface area contributed by atoms with Crippen molar-refractivity contribution in [3.8, 4) is 17.2 Å². The molecule has 1 amide bonds. The van der Waals surface area contributed by atoms with Crippen molar-refractivity contribution >= 4 is 6.09 Å². The number of nitrogens with zero attached hydrogens (tertiary/aromatic N) is 2. The van der Waals surface area contributed by atoms with Gasteiger partial charge in [0.2, 0.25) is 0 Å². The van der Waals surface area contributed by atoms with Crippen molar-refractivity contribution in [2.24, 2.45) is 0 Å². The number of rotatable bonds is 6. The highest BCUT2D eigenvalue weighted by Crippen LogP contribution is 2.45. The number of carbonyl (C=O) groups excluding carboxylic acids is 1. The van der Waals surface area contributed by atoms with Gasteiger partial charge in [0.1, 0.15) is 6.61 Å². The summed E-state index contributed by atoms with van der Waals surface area (Å²) >= 11 is 0. The molecular formula is C27H28N2O2. The minimum atomic E-state index is -0.172. The molecule has 1 fully saturated rings. The normalized spacial score (nSPS) is 21.3. The van der Waals surface area contributed by atoms with Crippen LogP contribution >= 0.6 is 0 Å². The summed E-state index contributed by atoms with van der Waals surface area (Å²) in [6, 6.07) is 19.5. The van der Waals surface area contributed by atoms with Crippen LogP contribution in [0.25, 0.3) is 11.1 Å². The molecular weight excluding hydrogens is 384 g/mol. The van der Waals surface area contributed by atoms with E-state index in [4.69, 9.17) is 10.00 Å². The fourth-order valence-corrected chi connectivity index (χ4v) is 5.61. The monoisotopic (exact) mass is 412 g/mol. The standard InChI is InChI=1S/C27H28N2O2/c28-15-7-1-2-8-19-16-20-13-14-21(17-19)29(20)27(30)31-18-26-24-11-5-3-9-22(24)23-10-4-6-12-25(23)26/h3-6,9-12,16,20-21,26H,1-2,7-8,13-14,17-18H2. The van der Waals surface area contributed by atoms with Gasteiger partial charge in [0.05, 0.1) is 12.1 Å². The highest BCUT2D eigenvalue weighted by molar-refractivity contribution is 5.79. The van der Waals surface area contributed by atoms with Gasteiger partial charge in [0.25, 0.3) is 0 Å². The number of fused-ring (bicyclic) bond motifs is 5. The largest absolute Gasteiger partial charge is 0.448 e. The van der Waals surface area contributed by atoms with Crippen LogP contribution in [0.5, 0.6) is 0 Å². The second-order valence-corrected chi connectivity index (χ2v) is 8.90. The SMILES string of the molecule is N#CCCCCC1=CC2CCC(C1)N2C(=O)OCC1c2ccccc2-c2ccccc21. The van der Waals surface area contributed by atoms with Crippen LogP contribution in [0.2, 0.25) is 0 Å². The average Bonchev–Trinajstić information content (AvgIpc) is 3.26. The Bertz CT molecular complexity index is 1010. The van der Waals surface area contributed by atoms with Crippen LogP contribution < -0.4 is 0 Å². The van der Waals surface area contributed by atoms with Crippen LogP contribution in [-0.2, 0) is 4.74 Å². The first-order valence-corrected chi connectivity index (χ1v) is 11.5. The molecule has 31 heavy (non-hydrogen) atoms. The minimum Gasteiger partial charge on any atom is -0.448 e. The van der Waals surface area contributed by atoms with Gasteiger partial charge in [-0.3, -0.25) is 4.90 Å². The predicted molar refractivity (Wildman–Crippen MR) is 120 cm³/mol. The number of hydrogen-bond acceptors (Lipinski definition) is 3. The van der Waals surface area contributed by atoms with Crippen molar-refractivity contribution in [2.75, 3.05) is 6.61 Å². The molecule has 2 unspecified atom stereocenters. The molecule has 2 bridgehead atoms. The zero-order valence-electron chi connectivity index (χ0n) is 17.8. The van der Waals surface area contributed by atoms with Gasteiger partial charge in [0.15, 0.2) is 0 Å². The molecule has 2 heterocycles. The summed E-state index contributed by atoms with van der Waals surface area (Å²) in [6.45, 7) is 0.382. The van der Waals surface area contributed by atoms with Crippen LogP contribution in [0.4, 0.5) is 4.79 Å². The highest BCUT2D eigenvalue weighted by atomic mass is 16.6. The second-order valence-electron chi connectivity index (χ2n) is 8.90. The molecule has 4 heteroatoms. The first-order chi connectivity index (χ1) is 15.3. The molecule has 1 saturated heterocycles. The van der Waals surface area contributed by atoms with E-state index in [1.807, 2.05) is 4.90 Å². The quantitative estimate of drug-likeness (QED) is 0.420. The molecule has 3 aliphatic rings. The van der Waals surface area contributed by atoms with Crippen LogP contribution in [0.3, 0.4) is 0 Å². The summed E-state index contributed by atoms with van der Waals surface area (Å²) in [6.07, 6.45) is 8.84. The first-order valence-electron chi connectivity index (χ1n) is 11.5. The molecule has 2 aliphatic heterocycles. The number of ether oxygens (including phenoxy) is 1. The Balaban J connectivity index is 1.25. The number of unbranched alkanes of at least 4 members (excludes halogenated alkanes) is 2. The topological polar surface area (TPSA) is 53.3 Å². The van der Waals surface area contributed by atoms with Crippen molar-refractivity contribution in [2.45, 2.75) is 62.9 Å². The van der Waals surface area contributed by atoms with Gasteiger partial charge in [-0.25, -0.2) is 4.79 Å². The van der Waals surface area contributed by atoms with Crippen LogP contribution in [0.1, 0.15) is 62.0 Å². The van der Waals surface area contributed by atoms with Crippen molar-refractivity contribution in [1.29, 1.82) is 5.26 Å². The maximum absolute atomic E-state index is 13.1. The molecule has 2 aromatic rings. The average molecular weight is 413 g/mol. The van der Waals surface area contributed by atoms with Gasteiger partial charge in [-0.1, -0.05) is 60.2 Å². The lowest BCUT2D eigenvalue weighted by Gasteiger charge is -2.33. The third-order valence-electron chi connectivity index (χ3n) is 7.06. The molecule has 0 N–H and O–H groups in total. The number of nitriles is 1.